The molecule has 2 rings (SSSR count). The van der Waals surface area contributed by atoms with Gasteiger partial charge in [-0.2, -0.15) is 0 Å². The van der Waals surface area contributed by atoms with E-state index in [1.807, 2.05) is 19.1 Å². The standard InChI is InChI=1S/C14H18O2/c1-12-11-15-14(16-12)10-6-5-9-13-7-3-2-4-8-13/h2-4,6-8,10,12,14H,5,9,11H2,1H3. The normalized spacial score (nSPS) is 25.3. The van der Waals surface area contributed by atoms with Crippen molar-refractivity contribution >= 4 is 0 Å². The largest absolute Gasteiger partial charge is 0.346 e. The number of hydrogen-bond acceptors (Lipinski definition) is 2. The van der Waals surface area contributed by atoms with Crippen molar-refractivity contribution in [3.63, 3.8) is 0 Å². The van der Waals surface area contributed by atoms with Gasteiger partial charge < -0.3 is 9.47 Å². The van der Waals surface area contributed by atoms with Gasteiger partial charge in [0.1, 0.15) is 0 Å². The van der Waals surface area contributed by atoms with Crippen LogP contribution in [0.15, 0.2) is 42.5 Å². The van der Waals surface area contributed by atoms with Gasteiger partial charge in [-0.15, -0.1) is 0 Å². The summed E-state index contributed by atoms with van der Waals surface area (Å²) in [5.41, 5.74) is 1.37. The van der Waals surface area contributed by atoms with Gasteiger partial charge in [-0.1, -0.05) is 36.4 Å². The lowest BCUT2D eigenvalue weighted by molar-refractivity contribution is -0.0162. The second kappa shape index (κ2) is 5.83. The van der Waals surface area contributed by atoms with Crippen molar-refractivity contribution in [1.29, 1.82) is 0 Å². The summed E-state index contributed by atoms with van der Waals surface area (Å²) >= 11 is 0. The fraction of sp³-hybridized carbons (Fsp3) is 0.429. The molecule has 1 aliphatic rings. The second-order valence-corrected chi connectivity index (χ2v) is 4.10. The fourth-order valence-electron chi connectivity index (χ4n) is 1.74. The molecule has 0 aromatic heterocycles. The predicted octanol–water partition coefficient (Wildman–Crippen LogP) is 2.94. The highest BCUT2D eigenvalue weighted by Crippen LogP contribution is 2.12. The topological polar surface area (TPSA) is 18.5 Å². The van der Waals surface area contributed by atoms with Crippen molar-refractivity contribution in [2.24, 2.45) is 0 Å². The van der Waals surface area contributed by atoms with E-state index < -0.39 is 0 Å². The summed E-state index contributed by atoms with van der Waals surface area (Å²) in [7, 11) is 0. The molecule has 1 aromatic carbocycles. The highest BCUT2D eigenvalue weighted by molar-refractivity contribution is 5.15. The van der Waals surface area contributed by atoms with Crippen molar-refractivity contribution in [3.8, 4) is 0 Å². The van der Waals surface area contributed by atoms with Crippen LogP contribution in [0, 0.1) is 0 Å². The van der Waals surface area contributed by atoms with Gasteiger partial charge in [0.25, 0.3) is 0 Å². The van der Waals surface area contributed by atoms with Crippen molar-refractivity contribution in [1.82, 2.24) is 0 Å². The second-order valence-electron chi connectivity index (χ2n) is 4.10. The molecule has 1 aromatic rings. The third kappa shape index (κ3) is 3.47. The molecular weight excluding hydrogens is 200 g/mol. The molecule has 0 N–H and O–H groups in total. The number of hydrogen-bond donors (Lipinski definition) is 0. The van der Waals surface area contributed by atoms with Crippen LogP contribution >= 0.6 is 0 Å². The van der Waals surface area contributed by atoms with Gasteiger partial charge in [0.15, 0.2) is 6.29 Å². The Hall–Kier alpha value is -1.12. The summed E-state index contributed by atoms with van der Waals surface area (Å²) in [6.07, 6.45) is 6.33. The lowest BCUT2D eigenvalue weighted by Crippen LogP contribution is -2.05. The van der Waals surface area contributed by atoms with Gasteiger partial charge in [0.05, 0.1) is 12.7 Å². The molecule has 0 spiro atoms. The molecule has 2 unspecified atom stereocenters. The summed E-state index contributed by atoms with van der Waals surface area (Å²) in [5, 5.41) is 0. The predicted molar refractivity (Wildman–Crippen MR) is 64.2 cm³/mol. The molecule has 2 heteroatoms. The van der Waals surface area contributed by atoms with E-state index in [1.165, 1.54) is 5.56 Å². The van der Waals surface area contributed by atoms with Gasteiger partial charge in [-0.05, 0) is 31.4 Å². The molecule has 1 aliphatic heterocycles. The first-order valence-electron chi connectivity index (χ1n) is 5.82. The molecule has 0 saturated carbocycles. The van der Waals surface area contributed by atoms with Crippen molar-refractivity contribution in [3.05, 3.63) is 48.0 Å². The zero-order chi connectivity index (χ0) is 11.2. The Morgan fingerprint density at radius 3 is 2.81 bits per heavy atom. The number of benzene rings is 1. The molecular formula is C14H18O2. The summed E-state index contributed by atoms with van der Waals surface area (Å²) in [5.74, 6) is 0. The smallest absolute Gasteiger partial charge is 0.177 e. The summed E-state index contributed by atoms with van der Waals surface area (Å²) in [6.45, 7) is 2.73. The molecule has 1 heterocycles. The minimum absolute atomic E-state index is 0.134. The maximum Gasteiger partial charge on any atom is 0.177 e. The third-order valence-electron chi connectivity index (χ3n) is 2.60. The zero-order valence-electron chi connectivity index (χ0n) is 9.63. The Morgan fingerprint density at radius 1 is 1.31 bits per heavy atom. The minimum atomic E-state index is -0.134. The number of rotatable bonds is 4. The van der Waals surface area contributed by atoms with Crippen LogP contribution in [0.4, 0.5) is 0 Å². The fourth-order valence-corrected chi connectivity index (χ4v) is 1.74. The van der Waals surface area contributed by atoms with Crippen LogP contribution in [0.3, 0.4) is 0 Å². The Labute approximate surface area is 96.9 Å². The van der Waals surface area contributed by atoms with Crippen molar-refractivity contribution in [2.45, 2.75) is 32.2 Å². The Balaban J connectivity index is 1.70. The maximum absolute atomic E-state index is 5.50. The number of ether oxygens (including phenoxy) is 2. The summed E-state index contributed by atoms with van der Waals surface area (Å²) in [6, 6.07) is 10.5. The van der Waals surface area contributed by atoms with E-state index in [1.54, 1.807) is 0 Å². The maximum atomic E-state index is 5.50. The van der Waals surface area contributed by atoms with Crippen LogP contribution in [-0.2, 0) is 15.9 Å². The van der Waals surface area contributed by atoms with Crippen molar-refractivity contribution < 1.29 is 9.47 Å². The molecule has 2 nitrogen and oxygen atoms in total. The third-order valence-corrected chi connectivity index (χ3v) is 2.60. The first-order chi connectivity index (χ1) is 7.84. The lowest BCUT2D eigenvalue weighted by Gasteiger charge is -2.03. The highest BCUT2D eigenvalue weighted by Gasteiger charge is 2.18. The summed E-state index contributed by atoms with van der Waals surface area (Å²) < 4.78 is 10.9. The van der Waals surface area contributed by atoms with E-state index >= 15 is 0 Å². The van der Waals surface area contributed by atoms with Crippen LogP contribution in [0.1, 0.15) is 18.9 Å². The van der Waals surface area contributed by atoms with Gasteiger partial charge in [0, 0.05) is 0 Å². The van der Waals surface area contributed by atoms with Gasteiger partial charge in [-0.25, -0.2) is 0 Å². The first-order valence-corrected chi connectivity index (χ1v) is 5.82. The summed E-state index contributed by atoms with van der Waals surface area (Å²) in [4.78, 5) is 0. The monoisotopic (exact) mass is 218 g/mol. The molecule has 1 saturated heterocycles. The van der Waals surface area contributed by atoms with Crippen LogP contribution < -0.4 is 0 Å². The molecule has 0 radical (unpaired) electrons. The van der Waals surface area contributed by atoms with E-state index in [2.05, 4.69) is 30.3 Å². The van der Waals surface area contributed by atoms with E-state index in [0.717, 1.165) is 12.8 Å². The Kier molecular flexibility index (Phi) is 4.14. The average Bonchev–Trinajstić information content (AvgIpc) is 2.72. The number of allylic oxidation sites excluding steroid dienone is 1. The molecule has 0 amide bonds. The molecule has 1 fully saturated rings. The van der Waals surface area contributed by atoms with Gasteiger partial charge in [0.2, 0.25) is 0 Å². The van der Waals surface area contributed by atoms with Gasteiger partial charge in [-0.3, -0.25) is 0 Å². The molecule has 2 atom stereocenters. The lowest BCUT2D eigenvalue weighted by atomic mass is 10.1. The highest BCUT2D eigenvalue weighted by atomic mass is 16.7. The van der Waals surface area contributed by atoms with E-state index in [9.17, 15) is 0 Å². The minimum Gasteiger partial charge on any atom is -0.346 e. The van der Waals surface area contributed by atoms with E-state index in [-0.39, 0.29) is 12.4 Å². The molecule has 0 aliphatic carbocycles. The van der Waals surface area contributed by atoms with Crippen LogP contribution in [0.2, 0.25) is 0 Å². The molecule has 86 valence electrons. The van der Waals surface area contributed by atoms with Crippen LogP contribution in [-0.4, -0.2) is 19.0 Å². The Bertz CT molecular complexity index is 332. The quantitative estimate of drug-likeness (QED) is 0.723. The zero-order valence-corrected chi connectivity index (χ0v) is 9.63. The van der Waals surface area contributed by atoms with Crippen molar-refractivity contribution in [2.75, 3.05) is 6.61 Å². The first kappa shape index (κ1) is 11.4. The molecule has 0 bridgehead atoms. The molecule has 16 heavy (non-hydrogen) atoms. The van der Waals surface area contributed by atoms with E-state index in [4.69, 9.17) is 9.47 Å². The number of aryl methyl sites for hydroxylation is 1. The van der Waals surface area contributed by atoms with Crippen LogP contribution in [0.5, 0.6) is 0 Å². The van der Waals surface area contributed by atoms with Gasteiger partial charge >= 0.3 is 0 Å². The Morgan fingerprint density at radius 2 is 2.12 bits per heavy atom. The SMILES string of the molecule is CC1COC(C=CCCc2ccccc2)O1. The van der Waals surface area contributed by atoms with E-state index in [0.29, 0.717) is 6.61 Å². The average molecular weight is 218 g/mol. The van der Waals surface area contributed by atoms with Crippen LogP contribution in [0.25, 0.3) is 0 Å².